The predicted molar refractivity (Wildman–Crippen MR) is 48.3 cm³/mol. The first-order valence-electron chi connectivity index (χ1n) is 4.41. The molecule has 1 radical (unpaired) electrons. The van der Waals surface area contributed by atoms with Gasteiger partial charge in [-0.15, -0.1) is 0 Å². The highest BCUT2D eigenvalue weighted by Crippen LogP contribution is 1.99. The van der Waals surface area contributed by atoms with E-state index >= 15 is 0 Å². The van der Waals surface area contributed by atoms with Crippen molar-refractivity contribution in [3.63, 3.8) is 0 Å². The molecule has 1 unspecified atom stereocenters. The zero-order valence-corrected chi connectivity index (χ0v) is 7.90. The van der Waals surface area contributed by atoms with E-state index in [1.54, 1.807) is 7.11 Å². The zero-order valence-electron chi connectivity index (χ0n) is 7.90. The number of piperazine rings is 1. The molecule has 1 heterocycles. The third-order valence-electron chi connectivity index (χ3n) is 2.14. The SMILES string of the molecule is COCCN1CC[N]C(C(N)=O)C1. The van der Waals surface area contributed by atoms with E-state index in [1.165, 1.54) is 0 Å². The van der Waals surface area contributed by atoms with Crippen LogP contribution in [0.4, 0.5) is 0 Å². The van der Waals surface area contributed by atoms with Crippen molar-refractivity contribution >= 4 is 5.91 Å². The number of rotatable bonds is 4. The molecule has 0 aromatic carbocycles. The predicted octanol–water partition coefficient (Wildman–Crippen LogP) is -1.59. The Morgan fingerprint density at radius 3 is 3.15 bits per heavy atom. The van der Waals surface area contributed by atoms with Crippen LogP contribution in [0, 0.1) is 0 Å². The van der Waals surface area contributed by atoms with Crippen molar-refractivity contribution in [2.24, 2.45) is 5.73 Å². The molecule has 2 N–H and O–H groups in total. The summed E-state index contributed by atoms with van der Waals surface area (Å²) in [5.74, 6) is -0.331. The molecule has 1 atom stereocenters. The number of ether oxygens (including phenoxy) is 1. The first-order chi connectivity index (χ1) is 6.24. The Morgan fingerprint density at radius 1 is 1.77 bits per heavy atom. The molecule has 0 aromatic heterocycles. The summed E-state index contributed by atoms with van der Waals surface area (Å²) in [6.07, 6.45) is 0. The third-order valence-corrected chi connectivity index (χ3v) is 2.14. The normalized spacial score (nSPS) is 24.5. The summed E-state index contributed by atoms with van der Waals surface area (Å²) in [6, 6.07) is -0.328. The van der Waals surface area contributed by atoms with Gasteiger partial charge in [0.1, 0.15) is 6.04 Å². The molecule has 75 valence electrons. The molecule has 1 fully saturated rings. The summed E-state index contributed by atoms with van der Waals surface area (Å²) in [6.45, 7) is 3.75. The van der Waals surface area contributed by atoms with Crippen molar-refractivity contribution in [1.82, 2.24) is 10.2 Å². The molecule has 0 spiro atoms. The van der Waals surface area contributed by atoms with Crippen molar-refractivity contribution in [1.29, 1.82) is 0 Å². The monoisotopic (exact) mass is 186 g/mol. The van der Waals surface area contributed by atoms with Crippen molar-refractivity contribution < 1.29 is 9.53 Å². The molecule has 1 rings (SSSR count). The minimum Gasteiger partial charge on any atom is -0.383 e. The number of nitrogens with zero attached hydrogens (tertiary/aromatic N) is 2. The lowest BCUT2D eigenvalue weighted by atomic mass is 10.2. The van der Waals surface area contributed by atoms with E-state index in [9.17, 15) is 4.79 Å². The maximum atomic E-state index is 10.8. The smallest absolute Gasteiger partial charge is 0.237 e. The minimum atomic E-state index is -0.331. The zero-order chi connectivity index (χ0) is 9.68. The van der Waals surface area contributed by atoms with Gasteiger partial charge in [0, 0.05) is 33.3 Å². The van der Waals surface area contributed by atoms with Gasteiger partial charge in [-0.1, -0.05) is 0 Å². The van der Waals surface area contributed by atoms with Crippen LogP contribution in [-0.2, 0) is 9.53 Å². The van der Waals surface area contributed by atoms with Gasteiger partial charge in [-0.05, 0) is 0 Å². The van der Waals surface area contributed by atoms with E-state index in [0.29, 0.717) is 19.7 Å². The van der Waals surface area contributed by atoms with Crippen molar-refractivity contribution in [2.45, 2.75) is 6.04 Å². The fourth-order valence-electron chi connectivity index (χ4n) is 1.35. The lowest BCUT2D eigenvalue weighted by Crippen LogP contribution is -2.53. The Balaban J connectivity index is 2.29. The number of carbonyl (C=O) groups excluding carboxylic acids is 1. The van der Waals surface area contributed by atoms with E-state index < -0.39 is 0 Å². The van der Waals surface area contributed by atoms with Gasteiger partial charge in [0.2, 0.25) is 5.91 Å². The number of primary amides is 1. The largest absolute Gasteiger partial charge is 0.383 e. The standard InChI is InChI=1S/C8H16N3O2/c1-13-5-4-11-3-2-10-7(6-11)8(9)12/h7H,2-6H2,1H3,(H2,9,12). The van der Waals surface area contributed by atoms with Crippen LogP contribution in [0.1, 0.15) is 0 Å². The van der Waals surface area contributed by atoms with E-state index in [2.05, 4.69) is 10.2 Å². The van der Waals surface area contributed by atoms with E-state index in [4.69, 9.17) is 10.5 Å². The number of hydrogen-bond donors (Lipinski definition) is 1. The fraction of sp³-hybridized carbons (Fsp3) is 0.875. The molecule has 0 saturated carbocycles. The Hall–Kier alpha value is -0.650. The van der Waals surface area contributed by atoms with Crippen molar-refractivity contribution in [3.05, 3.63) is 0 Å². The summed E-state index contributed by atoms with van der Waals surface area (Å²) in [4.78, 5) is 13.0. The van der Waals surface area contributed by atoms with Crippen molar-refractivity contribution in [2.75, 3.05) is 39.9 Å². The molecule has 1 aliphatic heterocycles. The van der Waals surface area contributed by atoms with Crippen LogP contribution in [0.3, 0.4) is 0 Å². The third kappa shape index (κ3) is 3.30. The Labute approximate surface area is 78.2 Å². The van der Waals surface area contributed by atoms with Gasteiger partial charge >= 0.3 is 0 Å². The number of nitrogens with two attached hydrogens (primary N) is 1. The second kappa shape index (κ2) is 5.16. The molecule has 13 heavy (non-hydrogen) atoms. The molecule has 5 heteroatoms. The van der Waals surface area contributed by atoms with Gasteiger partial charge in [-0.2, -0.15) is 0 Å². The second-order valence-electron chi connectivity index (χ2n) is 3.12. The first kappa shape index (κ1) is 10.4. The Kier molecular flexibility index (Phi) is 4.14. The molecule has 1 saturated heterocycles. The lowest BCUT2D eigenvalue weighted by molar-refractivity contribution is -0.121. The van der Waals surface area contributed by atoms with Crippen LogP contribution in [-0.4, -0.2) is 56.7 Å². The summed E-state index contributed by atoms with van der Waals surface area (Å²) in [7, 11) is 1.67. The summed E-state index contributed by atoms with van der Waals surface area (Å²) in [5, 5.41) is 4.13. The van der Waals surface area contributed by atoms with Crippen molar-refractivity contribution in [3.8, 4) is 0 Å². The molecule has 1 aliphatic rings. The van der Waals surface area contributed by atoms with Gasteiger partial charge in [-0.25, -0.2) is 5.32 Å². The van der Waals surface area contributed by atoms with E-state index in [1.807, 2.05) is 0 Å². The molecular formula is C8H16N3O2. The maximum Gasteiger partial charge on any atom is 0.237 e. The topological polar surface area (TPSA) is 69.7 Å². The van der Waals surface area contributed by atoms with Crippen LogP contribution in [0.5, 0.6) is 0 Å². The molecule has 5 nitrogen and oxygen atoms in total. The van der Waals surface area contributed by atoms with Crippen LogP contribution in [0.15, 0.2) is 0 Å². The second-order valence-corrected chi connectivity index (χ2v) is 3.12. The van der Waals surface area contributed by atoms with Crippen LogP contribution < -0.4 is 11.1 Å². The van der Waals surface area contributed by atoms with Gasteiger partial charge in [0.25, 0.3) is 0 Å². The quantitative estimate of drug-likeness (QED) is 0.575. The number of hydrogen-bond acceptors (Lipinski definition) is 3. The van der Waals surface area contributed by atoms with E-state index in [0.717, 1.165) is 13.1 Å². The highest BCUT2D eigenvalue weighted by molar-refractivity contribution is 5.80. The van der Waals surface area contributed by atoms with E-state index in [-0.39, 0.29) is 11.9 Å². The first-order valence-corrected chi connectivity index (χ1v) is 4.41. The van der Waals surface area contributed by atoms with Gasteiger partial charge in [0.15, 0.2) is 0 Å². The van der Waals surface area contributed by atoms with Gasteiger partial charge in [-0.3, -0.25) is 9.69 Å². The fourth-order valence-corrected chi connectivity index (χ4v) is 1.35. The molecule has 0 aromatic rings. The molecular weight excluding hydrogens is 170 g/mol. The molecule has 0 aliphatic carbocycles. The van der Waals surface area contributed by atoms with Crippen LogP contribution in [0.2, 0.25) is 0 Å². The number of methoxy groups -OCH3 is 1. The average Bonchev–Trinajstić information content (AvgIpc) is 2.15. The minimum absolute atomic E-state index is 0.328. The Morgan fingerprint density at radius 2 is 2.54 bits per heavy atom. The lowest BCUT2D eigenvalue weighted by Gasteiger charge is -2.30. The summed E-state index contributed by atoms with van der Waals surface area (Å²) < 4.78 is 4.95. The summed E-state index contributed by atoms with van der Waals surface area (Å²) >= 11 is 0. The highest BCUT2D eigenvalue weighted by atomic mass is 16.5. The number of carbonyl (C=O) groups is 1. The van der Waals surface area contributed by atoms with Gasteiger partial charge in [0.05, 0.1) is 6.61 Å². The summed E-state index contributed by atoms with van der Waals surface area (Å²) in [5.41, 5.74) is 5.17. The van der Waals surface area contributed by atoms with Crippen LogP contribution >= 0.6 is 0 Å². The Bertz CT molecular complexity index is 175. The molecule has 1 amide bonds. The highest BCUT2D eigenvalue weighted by Gasteiger charge is 2.23. The van der Waals surface area contributed by atoms with Crippen LogP contribution in [0.25, 0.3) is 0 Å². The average molecular weight is 186 g/mol. The van der Waals surface area contributed by atoms with Gasteiger partial charge < -0.3 is 10.5 Å². The molecule has 0 bridgehead atoms. The maximum absolute atomic E-state index is 10.8. The number of amides is 1.